The molecule has 0 radical (unpaired) electrons. The van der Waals surface area contributed by atoms with Gasteiger partial charge < -0.3 is 19.5 Å². The van der Waals surface area contributed by atoms with E-state index < -0.39 is 0 Å². The fourth-order valence-electron chi connectivity index (χ4n) is 2.25. The highest BCUT2D eigenvalue weighted by Crippen LogP contribution is 2.29. The van der Waals surface area contributed by atoms with Gasteiger partial charge in [-0.1, -0.05) is 0 Å². The van der Waals surface area contributed by atoms with E-state index >= 15 is 0 Å². The Morgan fingerprint density at radius 3 is 2.57 bits per heavy atom. The van der Waals surface area contributed by atoms with Gasteiger partial charge in [-0.15, -0.1) is 0 Å². The van der Waals surface area contributed by atoms with Gasteiger partial charge in [-0.05, 0) is 31.2 Å². The van der Waals surface area contributed by atoms with Crippen LogP contribution in [0.3, 0.4) is 0 Å². The molecule has 0 bridgehead atoms. The second kappa shape index (κ2) is 7.49. The average Bonchev–Trinajstić information content (AvgIpc) is 2.60. The van der Waals surface area contributed by atoms with Crippen molar-refractivity contribution in [2.75, 3.05) is 21.3 Å². The predicted molar refractivity (Wildman–Crippen MR) is 86.2 cm³/mol. The van der Waals surface area contributed by atoms with Gasteiger partial charge in [0.1, 0.15) is 17.1 Å². The second-order valence-electron chi connectivity index (χ2n) is 4.86. The molecule has 2 aromatic rings. The molecule has 1 N–H and O–H groups in total. The summed E-state index contributed by atoms with van der Waals surface area (Å²) in [4.78, 5) is 16.5. The highest BCUT2D eigenvalue weighted by atomic mass is 16.5. The number of ether oxygens (including phenoxy) is 3. The lowest BCUT2D eigenvalue weighted by molar-refractivity contribution is 0.0935. The van der Waals surface area contributed by atoms with E-state index in [0.29, 0.717) is 22.9 Å². The quantitative estimate of drug-likeness (QED) is 0.887. The summed E-state index contributed by atoms with van der Waals surface area (Å²) in [5.41, 5.74) is 1.24. The zero-order valence-electron chi connectivity index (χ0n) is 13.6. The molecule has 1 amide bonds. The van der Waals surface area contributed by atoms with E-state index in [0.717, 1.165) is 5.56 Å². The molecule has 1 unspecified atom stereocenters. The molecule has 0 fully saturated rings. The molecule has 6 heteroatoms. The summed E-state index contributed by atoms with van der Waals surface area (Å²) in [6, 6.07) is 8.57. The summed E-state index contributed by atoms with van der Waals surface area (Å²) < 4.78 is 15.7. The van der Waals surface area contributed by atoms with Crippen molar-refractivity contribution in [1.82, 2.24) is 10.3 Å². The van der Waals surface area contributed by atoms with E-state index in [-0.39, 0.29) is 11.9 Å². The normalized spacial score (nSPS) is 11.5. The van der Waals surface area contributed by atoms with Crippen molar-refractivity contribution < 1.29 is 19.0 Å². The van der Waals surface area contributed by atoms with Crippen LogP contribution in [-0.4, -0.2) is 32.2 Å². The first-order valence-electron chi connectivity index (χ1n) is 7.12. The number of carbonyl (C=O) groups excluding carboxylic acids is 1. The van der Waals surface area contributed by atoms with Crippen LogP contribution in [0.15, 0.2) is 36.5 Å². The maximum Gasteiger partial charge on any atom is 0.257 e. The number of nitrogens with zero attached hydrogens (tertiary/aromatic N) is 1. The van der Waals surface area contributed by atoms with Gasteiger partial charge in [-0.2, -0.15) is 0 Å². The summed E-state index contributed by atoms with van der Waals surface area (Å²) in [5.74, 6) is 1.37. The highest BCUT2D eigenvalue weighted by molar-refractivity contribution is 5.96. The van der Waals surface area contributed by atoms with Crippen LogP contribution in [0.1, 0.15) is 28.9 Å². The topological polar surface area (TPSA) is 69.7 Å². The Labute approximate surface area is 135 Å². The lowest BCUT2D eigenvalue weighted by Crippen LogP contribution is -2.27. The van der Waals surface area contributed by atoms with Crippen molar-refractivity contribution in [3.05, 3.63) is 47.7 Å². The maximum atomic E-state index is 12.4. The SMILES string of the molecule is COc1ccc(C(C)NC(=O)c2cccnc2OC)c(OC)c1. The number of nitrogens with one attached hydrogen (secondary N) is 1. The Kier molecular flexibility index (Phi) is 5.41. The van der Waals surface area contributed by atoms with Crippen molar-refractivity contribution in [2.24, 2.45) is 0 Å². The lowest BCUT2D eigenvalue weighted by atomic mass is 10.1. The molecule has 1 aromatic carbocycles. The minimum atomic E-state index is -0.264. The Bertz CT molecular complexity index is 688. The average molecular weight is 316 g/mol. The Hall–Kier alpha value is -2.76. The molecule has 0 aliphatic rings. The van der Waals surface area contributed by atoms with Crippen LogP contribution in [0, 0.1) is 0 Å². The van der Waals surface area contributed by atoms with Crippen LogP contribution in [0.5, 0.6) is 17.4 Å². The van der Waals surface area contributed by atoms with E-state index in [2.05, 4.69) is 10.3 Å². The fourth-order valence-corrected chi connectivity index (χ4v) is 2.25. The molecule has 1 heterocycles. The van der Waals surface area contributed by atoms with Crippen molar-refractivity contribution in [1.29, 1.82) is 0 Å². The van der Waals surface area contributed by atoms with Gasteiger partial charge in [-0.3, -0.25) is 4.79 Å². The van der Waals surface area contributed by atoms with Crippen molar-refractivity contribution in [3.8, 4) is 17.4 Å². The van der Waals surface area contributed by atoms with E-state index in [1.807, 2.05) is 19.1 Å². The molecule has 0 aliphatic carbocycles. The van der Waals surface area contributed by atoms with E-state index in [9.17, 15) is 4.79 Å². The Morgan fingerprint density at radius 2 is 1.91 bits per heavy atom. The molecule has 0 saturated carbocycles. The number of hydrogen-bond acceptors (Lipinski definition) is 5. The molecular formula is C17H20N2O4. The van der Waals surface area contributed by atoms with Gasteiger partial charge in [0.15, 0.2) is 0 Å². The van der Waals surface area contributed by atoms with Gasteiger partial charge >= 0.3 is 0 Å². The van der Waals surface area contributed by atoms with Crippen molar-refractivity contribution in [3.63, 3.8) is 0 Å². The number of aromatic nitrogens is 1. The third-order valence-electron chi connectivity index (χ3n) is 3.46. The van der Waals surface area contributed by atoms with Gasteiger partial charge in [0.25, 0.3) is 5.91 Å². The lowest BCUT2D eigenvalue weighted by Gasteiger charge is -2.18. The van der Waals surface area contributed by atoms with Crippen LogP contribution in [0.4, 0.5) is 0 Å². The second-order valence-corrected chi connectivity index (χ2v) is 4.86. The number of pyridine rings is 1. The van der Waals surface area contributed by atoms with Gasteiger partial charge in [0.05, 0.1) is 27.4 Å². The van der Waals surface area contributed by atoms with E-state index in [1.54, 1.807) is 38.6 Å². The molecule has 122 valence electrons. The number of methoxy groups -OCH3 is 3. The monoisotopic (exact) mass is 316 g/mol. The standard InChI is InChI=1S/C17H20N2O4/c1-11(13-8-7-12(21-2)10-15(13)22-3)19-16(20)14-6-5-9-18-17(14)23-4/h5-11H,1-4H3,(H,19,20). The third kappa shape index (κ3) is 3.71. The van der Waals surface area contributed by atoms with Crippen molar-refractivity contribution in [2.45, 2.75) is 13.0 Å². The number of benzene rings is 1. The maximum absolute atomic E-state index is 12.4. The van der Waals surface area contributed by atoms with Crippen LogP contribution in [0.2, 0.25) is 0 Å². The first-order valence-corrected chi connectivity index (χ1v) is 7.12. The van der Waals surface area contributed by atoms with Crippen LogP contribution in [0.25, 0.3) is 0 Å². The molecule has 1 atom stereocenters. The predicted octanol–water partition coefficient (Wildman–Crippen LogP) is 2.60. The van der Waals surface area contributed by atoms with Gasteiger partial charge in [-0.25, -0.2) is 4.98 Å². The summed E-state index contributed by atoms with van der Waals surface area (Å²) in [5, 5.41) is 2.92. The largest absolute Gasteiger partial charge is 0.497 e. The minimum absolute atomic E-state index is 0.256. The molecule has 0 spiro atoms. The number of amides is 1. The summed E-state index contributed by atoms with van der Waals surface area (Å²) in [6.07, 6.45) is 1.57. The molecule has 6 nitrogen and oxygen atoms in total. The first kappa shape index (κ1) is 16.6. The molecule has 2 rings (SSSR count). The fraction of sp³-hybridized carbons (Fsp3) is 0.294. The summed E-state index contributed by atoms with van der Waals surface area (Å²) in [7, 11) is 4.65. The number of hydrogen-bond donors (Lipinski definition) is 1. The Morgan fingerprint density at radius 1 is 1.13 bits per heavy atom. The third-order valence-corrected chi connectivity index (χ3v) is 3.46. The molecule has 23 heavy (non-hydrogen) atoms. The number of carbonyl (C=O) groups is 1. The molecule has 0 aliphatic heterocycles. The van der Waals surface area contributed by atoms with Gasteiger partial charge in [0.2, 0.25) is 5.88 Å². The van der Waals surface area contributed by atoms with E-state index in [4.69, 9.17) is 14.2 Å². The number of rotatable bonds is 6. The molecule has 0 saturated heterocycles. The van der Waals surface area contributed by atoms with Crippen molar-refractivity contribution >= 4 is 5.91 Å². The first-order chi connectivity index (χ1) is 11.1. The van der Waals surface area contributed by atoms with Crippen LogP contribution in [-0.2, 0) is 0 Å². The minimum Gasteiger partial charge on any atom is -0.497 e. The molecule has 1 aromatic heterocycles. The highest BCUT2D eigenvalue weighted by Gasteiger charge is 2.18. The molecular weight excluding hydrogens is 296 g/mol. The van der Waals surface area contributed by atoms with E-state index in [1.165, 1.54) is 7.11 Å². The summed E-state index contributed by atoms with van der Waals surface area (Å²) in [6.45, 7) is 1.88. The van der Waals surface area contributed by atoms with Gasteiger partial charge in [0, 0.05) is 17.8 Å². The van der Waals surface area contributed by atoms with Crippen LogP contribution >= 0.6 is 0 Å². The zero-order chi connectivity index (χ0) is 16.8. The van der Waals surface area contributed by atoms with Crippen LogP contribution < -0.4 is 19.5 Å². The smallest absolute Gasteiger partial charge is 0.257 e. The zero-order valence-corrected chi connectivity index (χ0v) is 13.6. The Balaban J connectivity index is 2.21. The summed E-state index contributed by atoms with van der Waals surface area (Å²) >= 11 is 0.